The largest absolute Gasteiger partial charge is 0.312 e. The number of rotatable bonds is 2. The first kappa shape index (κ1) is 10.1. The van der Waals surface area contributed by atoms with Gasteiger partial charge in [0.15, 0.2) is 0 Å². The minimum absolute atomic E-state index is 0.641. The molecule has 1 aromatic rings. The lowest BCUT2D eigenvalue weighted by atomic mass is 10.2. The van der Waals surface area contributed by atoms with Gasteiger partial charge in [0.25, 0.3) is 0 Å². The summed E-state index contributed by atoms with van der Waals surface area (Å²) in [6, 6.07) is 2.90. The van der Waals surface area contributed by atoms with E-state index in [-0.39, 0.29) is 0 Å². The summed E-state index contributed by atoms with van der Waals surface area (Å²) in [4.78, 5) is 4.01. The molecule has 1 aliphatic heterocycles. The predicted molar refractivity (Wildman–Crippen MR) is 61.8 cm³/mol. The zero-order valence-electron chi connectivity index (χ0n) is 8.92. The zero-order chi connectivity index (χ0) is 9.97. The van der Waals surface area contributed by atoms with Crippen LogP contribution in [-0.2, 0) is 6.54 Å². The van der Waals surface area contributed by atoms with Gasteiger partial charge in [0.2, 0.25) is 0 Å². The number of thiophene rings is 1. The fourth-order valence-corrected chi connectivity index (χ4v) is 2.69. The Morgan fingerprint density at radius 3 is 3.14 bits per heavy atom. The molecule has 1 fully saturated rings. The van der Waals surface area contributed by atoms with E-state index in [4.69, 9.17) is 0 Å². The molecule has 0 bridgehead atoms. The number of nitrogens with zero attached hydrogens (tertiary/aromatic N) is 1. The summed E-state index contributed by atoms with van der Waals surface area (Å²) in [6.07, 6.45) is 0. The third kappa shape index (κ3) is 2.35. The third-order valence-electron chi connectivity index (χ3n) is 2.81. The van der Waals surface area contributed by atoms with Crippen LogP contribution < -0.4 is 5.32 Å². The van der Waals surface area contributed by atoms with Crippen molar-refractivity contribution in [3.63, 3.8) is 0 Å². The van der Waals surface area contributed by atoms with Gasteiger partial charge in [-0.15, -0.1) is 11.3 Å². The maximum atomic E-state index is 3.47. The van der Waals surface area contributed by atoms with Gasteiger partial charge in [-0.3, -0.25) is 4.90 Å². The average Bonchev–Trinajstić information content (AvgIpc) is 2.52. The highest BCUT2D eigenvalue weighted by Gasteiger charge is 2.16. The van der Waals surface area contributed by atoms with E-state index in [1.54, 1.807) is 0 Å². The van der Waals surface area contributed by atoms with Gasteiger partial charge in [0.05, 0.1) is 0 Å². The summed E-state index contributed by atoms with van der Waals surface area (Å²) in [5, 5.41) is 5.66. The van der Waals surface area contributed by atoms with Crippen LogP contribution in [0.4, 0.5) is 0 Å². The van der Waals surface area contributed by atoms with Crippen molar-refractivity contribution in [2.24, 2.45) is 0 Å². The highest BCUT2D eigenvalue weighted by atomic mass is 32.1. The molecule has 14 heavy (non-hydrogen) atoms. The first-order valence-electron chi connectivity index (χ1n) is 5.24. The van der Waals surface area contributed by atoms with Gasteiger partial charge in [0, 0.05) is 37.1 Å². The number of piperazine rings is 1. The standard InChI is InChI=1S/C11H18N2S/c1-9-7-13(5-4-12-9)8-11-3-6-14-10(11)2/h3,6,9,12H,4-5,7-8H2,1-2H3. The molecule has 2 heterocycles. The fourth-order valence-electron chi connectivity index (χ4n) is 1.97. The van der Waals surface area contributed by atoms with E-state index in [9.17, 15) is 0 Å². The van der Waals surface area contributed by atoms with Crippen LogP contribution in [0.1, 0.15) is 17.4 Å². The minimum Gasteiger partial charge on any atom is -0.312 e. The monoisotopic (exact) mass is 210 g/mol. The number of aryl methyl sites for hydroxylation is 1. The molecule has 0 amide bonds. The molecule has 1 aliphatic rings. The Labute approximate surface area is 89.9 Å². The van der Waals surface area contributed by atoms with Crippen LogP contribution in [0.25, 0.3) is 0 Å². The van der Waals surface area contributed by atoms with Crippen LogP contribution >= 0.6 is 11.3 Å². The third-order valence-corrected chi connectivity index (χ3v) is 3.70. The van der Waals surface area contributed by atoms with Crippen molar-refractivity contribution in [2.75, 3.05) is 19.6 Å². The summed E-state index contributed by atoms with van der Waals surface area (Å²) in [7, 11) is 0. The van der Waals surface area contributed by atoms with Crippen LogP contribution in [0.3, 0.4) is 0 Å². The average molecular weight is 210 g/mol. The van der Waals surface area contributed by atoms with E-state index in [2.05, 4.69) is 35.5 Å². The van der Waals surface area contributed by atoms with E-state index < -0.39 is 0 Å². The zero-order valence-corrected chi connectivity index (χ0v) is 9.73. The maximum absolute atomic E-state index is 3.47. The highest BCUT2D eigenvalue weighted by Crippen LogP contribution is 2.17. The van der Waals surface area contributed by atoms with Crippen molar-refractivity contribution in [2.45, 2.75) is 26.4 Å². The molecule has 1 atom stereocenters. The van der Waals surface area contributed by atoms with Crippen molar-refractivity contribution in [3.05, 3.63) is 21.9 Å². The number of nitrogens with one attached hydrogen (secondary N) is 1. The molecule has 0 aliphatic carbocycles. The summed E-state index contributed by atoms with van der Waals surface area (Å²) in [5.74, 6) is 0. The van der Waals surface area contributed by atoms with Crippen molar-refractivity contribution in [1.82, 2.24) is 10.2 Å². The van der Waals surface area contributed by atoms with Crippen LogP contribution in [0.15, 0.2) is 11.4 Å². The Balaban J connectivity index is 1.94. The minimum atomic E-state index is 0.641. The topological polar surface area (TPSA) is 15.3 Å². The molecule has 78 valence electrons. The number of hydrogen-bond acceptors (Lipinski definition) is 3. The van der Waals surface area contributed by atoms with Gasteiger partial charge >= 0.3 is 0 Å². The number of hydrogen-bond donors (Lipinski definition) is 1. The second kappa shape index (κ2) is 4.43. The van der Waals surface area contributed by atoms with Crippen molar-refractivity contribution in [1.29, 1.82) is 0 Å². The molecule has 1 aromatic heterocycles. The first-order valence-corrected chi connectivity index (χ1v) is 6.12. The Bertz CT molecular complexity index is 295. The first-order chi connectivity index (χ1) is 6.75. The Morgan fingerprint density at radius 1 is 1.64 bits per heavy atom. The van der Waals surface area contributed by atoms with Gasteiger partial charge in [-0.2, -0.15) is 0 Å². The summed E-state index contributed by atoms with van der Waals surface area (Å²) in [5.41, 5.74) is 1.50. The van der Waals surface area contributed by atoms with E-state index >= 15 is 0 Å². The summed E-state index contributed by atoms with van der Waals surface area (Å²) < 4.78 is 0. The molecule has 0 spiro atoms. The second-order valence-corrected chi connectivity index (χ2v) is 5.21. The quantitative estimate of drug-likeness (QED) is 0.801. The molecule has 2 rings (SSSR count). The molecule has 1 saturated heterocycles. The predicted octanol–water partition coefficient (Wildman–Crippen LogP) is 1.85. The van der Waals surface area contributed by atoms with Crippen LogP contribution in [0.2, 0.25) is 0 Å². The molecular weight excluding hydrogens is 192 g/mol. The van der Waals surface area contributed by atoms with Gasteiger partial charge < -0.3 is 5.32 Å². The maximum Gasteiger partial charge on any atom is 0.0245 e. The van der Waals surface area contributed by atoms with Crippen LogP contribution in [0.5, 0.6) is 0 Å². The van der Waals surface area contributed by atoms with E-state index in [1.165, 1.54) is 23.5 Å². The molecular formula is C11H18N2S. The Kier molecular flexibility index (Phi) is 3.21. The lowest BCUT2D eigenvalue weighted by Gasteiger charge is -2.31. The van der Waals surface area contributed by atoms with Crippen LogP contribution in [-0.4, -0.2) is 30.6 Å². The summed E-state index contributed by atoms with van der Waals surface area (Å²) in [6.45, 7) is 9.08. The molecule has 0 aromatic carbocycles. The van der Waals surface area contributed by atoms with E-state index in [0.29, 0.717) is 6.04 Å². The Hall–Kier alpha value is -0.380. The van der Waals surface area contributed by atoms with Crippen molar-refractivity contribution >= 4 is 11.3 Å². The lowest BCUT2D eigenvalue weighted by molar-refractivity contribution is 0.199. The van der Waals surface area contributed by atoms with Gasteiger partial charge in [-0.1, -0.05) is 0 Å². The normalized spacial score (nSPS) is 24.0. The van der Waals surface area contributed by atoms with Crippen molar-refractivity contribution in [3.8, 4) is 0 Å². The van der Waals surface area contributed by atoms with E-state index in [1.807, 2.05) is 11.3 Å². The van der Waals surface area contributed by atoms with Gasteiger partial charge in [0.1, 0.15) is 0 Å². The molecule has 0 radical (unpaired) electrons. The molecule has 1 unspecified atom stereocenters. The Morgan fingerprint density at radius 2 is 2.50 bits per heavy atom. The van der Waals surface area contributed by atoms with E-state index in [0.717, 1.165) is 13.1 Å². The lowest BCUT2D eigenvalue weighted by Crippen LogP contribution is -2.48. The van der Waals surface area contributed by atoms with Crippen molar-refractivity contribution < 1.29 is 0 Å². The fraction of sp³-hybridized carbons (Fsp3) is 0.636. The highest BCUT2D eigenvalue weighted by molar-refractivity contribution is 7.10. The van der Waals surface area contributed by atoms with Crippen LogP contribution in [0, 0.1) is 6.92 Å². The van der Waals surface area contributed by atoms with Gasteiger partial charge in [-0.05, 0) is 30.9 Å². The molecule has 2 nitrogen and oxygen atoms in total. The SMILES string of the molecule is Cc1sccc1CN1CCNC(C)C1. The molecule has 1 N–H and O–H groups in total. The van der Waals surface area contributed by atoms with Gasteiger partial charge in [-0.25, -0.2) is 0 Å². The molecule has 0 saturated carbocycles. The molecule has 3 heteroatoms. The summed E-state index contributed by atoms with van der Waals surface area (Å²) >= 11 is 1.85. The second-order valence-electron chi connectivity index (χ2n) is 4.09. The smallest absolute Gasteiger partial charge is 0.0245 e.